The van der Waals surface area contributed by atoms with Crippen molar-refractivity contribution < 1.29 is 0 Å². The molecule has 0 bridgehead atoms. The maximum atomic E-state index is 5.89. The highest BCUT2D eigenvalue weighted by Crippen LogP contribution is 2.17. The van der Waals surface area contributed by atoms with Crippen LogP contribution in [-0.2, 0) is 13.0 Å². The minimum absolute atomic E-state index is 0.395. The maximum Gasteiger partial charge on any atom is 0.0573 e. The molecule has 1 aliphatic rings. The molecule has 3 N–H and O–H groups in total. The van der Waals surface area contributed by atoms with Crippen LogP contribution in [0.5, 0.6) is 0 Å². The summed E-state index contributed by atoms with van der Waals surface area (Å²) in [5.74, 6) is 0. The van der Waals surface area contributed by atoms with Gasteiger partial charge >= 0.3 is 0 Å². The number of aryl methyl sites for hydroxylation is 1. The third-order valence-corrected chi connectivity index (χ3v) is 3.40. The monoisotopic (exact) mass is 219 g/mol. The van der Waals surface area contributed by atoms with Gasteiger partial charge in [-0.15, -0.1) is 0 Å². The van der Waals surface area contributed by atoms with Crippen LogP contribution in [0.15, 0.2) is 18.3 Å². The number of rotatable bonds is 4. The number of hydrogen-bond donors (Lipinski definition) is 2. The molecule has 16 heavy (non-hydrogen) atoms. The van der Waals surface area contributed by atoms with Gasteiger partial charge in [-0.3, -0.25) is 4.98 Å². The van der Waals surface area contributed by atoms with E-state index in [4.69, 9.17) is 5.73 Å². The van der Waals surface area contributed by atoms with Gasteiger partial charge in [-0.1, -0.05) is 13.0 Å². The summed E-state index contributed by atoms with van der Waals surface area (Å²) in [6.45, 7) is 3.05. The Hall–Kier alpha value is -0.930. The van der Waals surface area contributed by atoms with E-state index in [2.05, 4.69) is 23.3 Å². The Morgan fingerprint density at radius 2 is 2.38 bits per heavy atom. The van der Waals surface area contributed by atoms with Crippen LogP contribution in [0, 0.1) is 0 Å². The summed E-state index contributed by atoms with van der Waals surface area (Å²) in [5, 5.41) is 3.56. The van der Waals surface area contributed by atoms with Crippen LogP contribution >= 0.6 is 0 Å². The van der Waals surface area contributed by atoms with E-state index >= 15 is 0 Å². The number of nitrogens with zero attached hydrogens (tertiary/aromatic N) is 1. The Kier molecular flexibility index (Phi) is 3.91. The van der Waals surface area contributed by atoms with Gasteiger partial charge in [0.1, 0.15) is 0 Å². The minimum Gasteiger partial charge on any atom is -0.328 e. The fraction of sp³-hybridized carbons (Fsp3) is 0.615. The first-order valence-corrected chi connectivity index (χ1v) is 6.21. The number of hydrogen-bond acceptors (Lipinski definition) is 3. The Bertz CT molecular complexity index is 338. The normalized spacial score (nSPS) is 24.9. The smallest absolute Gasteiger partial charge is 0.0573 e. The molecule has 1 heterocycles. The Morgan fingerprint density at radius 1 is 1.50 bits per heavy atom. The van der Waals surface area contributed by atoms with E-state index in [0.717, 1.165) is 25.8 Å². The third-order valence-electron chi connectivity index (χ3n) is 3.40. The SMILES string of the molecule is CCc1cccnc1CNC1CCC(N)C1. The van der Waals surface area contributed by atoms with Crippen LogP contribution in [0.1, 0.15) is 37.4 Å². The van der Waals surface area contributed by atoms with Gasteiger partial charge in [-0.25, -0.2) is 0 Å². The number of nitrogens with one attached hydrogen (secondary N) is 1. The number of pyridine rings is 1. The van der Waals surface area contributed by atoms with Gasteiger partial charge in [0.2, 0.25) is 0 Å². The summed E-state index contributed by atoms with van der Waals surface area (Å²) in [5.41, 5.74) is 8.42. The number of aromatic nitrogens is 1. The van der Waals surface area contributed by atoms with Crippen molar-refractivity contribution in [1.29, 1.82) is 0 Å². The molecule has 88 valence electrons. The van der Waals surface area contributed by atoms with E-state index in [0.29, 0.717) is 12.1 Å². The van der Waals surface area contributed by atoms with Crippen molar-refractivity contribution in [1.82, 2.24) is 10.3 Å². The molecule has 0 aliphatic heterocycles. The zero-order valence-electron chi connectivity index (χ0n) is 9.95. The summed E-state index contributed by atoms with van der Waals surface area (Å²) in [4.78, 5) is 4.44. The third kappa shape index (κ3) is 2.80. The fourth-order valence-corrected chi connectivity index (χ4v) is 2.40. The van der Waals surface area contributed by atoms with E-state index in [1.165, 1.54) is 17.7 Å². The summed E-state index contributed by atoms with van der Waals surface area (Å²) in [6.07, 6.45) is 6.38. The molecule has 1 saturated carbocycles. The van der Waals surface area contributed by atoms with E-state index in [9.17, 15) is 0 Å². The van der Waals surface area contributed by atoms with Crippen LogP contribution in [0.4, 0.5) is 0 Å². The molecule has 3 heteroatoms. The van der Waals surface area contributed by atoms with Crippen LogP contribution in [0.2, 0.25) is 0 Å². The molecule has 1 aliphatic carbocycles. The van der Waals surface area contributed by atoms with Gasteiger partial charge in [-0.2, -0.15) is 0 Å². The standard InChI is InChI=1S/C13H21N3/c1-2-10-4-3-7-15-13(10)9-16-12-6-5-11(14)8-12/h3-4,7,11-12,16H,2,5-6,8-9,14H2,1H3. The lowest BCUT2D eigenvalue weighted by Crippen LogP contribution is -2.28. The predicted molar refractivity (Wildman–Crippen MR) is 66.1 cm³/mol. The molecule has 0 radical (unpaired) electrons. The molecule has 1 fully saturated rings. The van der Waals surface area contributed by atoms with Gasteiger partial charge in [0.25, 0.3) is 0 Å². The predicted octanol–water partition coefficient (Wildman–Crippen LogP) is 1.61. The molecule has 0 amide bonds. The lowest BCUT2D eigenvalue weighted by Gasteiger charge is -2.13. The van der Waals surface area contributed by atoms with Crippen LogP contribution < -0.4 is 11.1 Å². The molecular formula is C13H21N3. The molecule has 0 spiro atoms. The highest BCUT2D eigenvalue weighted by atomic mass is 14.9. The van der Waals surface area contributed by atoms with E-state index in [1.54, 1.807) is 0 Å². The van der Waals surface area contributed by atoms with Crippen molar-refractivity contribution >= 4 is 0 Å². The highest BCUT2D eigenvalue weighted by Gasteiger charge is 2.21. The zero-order chi connectivity index (χ0) is 11.4. The summed E-state index contributed by atoms with van der Waals surface area (Å²) in [6, 6.07) is 5.15. The Balaban J connectivity index is 1.89. The molecular weight excluding hydrogens is 198 g/mol. The quantitative estimate of drug-likeness (QED) is 0.809. The summed E-state index contributed by atoms with van der Waals surface area (Å²) < 4.78 is 0. The minimum atomic E-state index is 0.395. The average Bonchev–Trinajstić information content (AvgIpc) is 2.73. The molecule has 2 rings (SSSR count). The van der Waals surface area contributed by atoms with Gasteiger partial charge in [0.15, 0.2) is 0 Å². The fourth-order valence-electron chi connectivity index (χ4n) is 2.40. The van der Waals surface area contributed by atoms with Crippen molar-refractivity contribution in [2.24, 2.45) is 5.73 Å². The lowest BCUT2D eigenvalue weighted by atomic mass is 10.1. The highest BCUT2D eigenvalue weighted by molar-refractivity contribution is 5.19. The average molecular weight is 219 g/mol. The second-order valence-corrected chi connectivity index (χ2v) is 4.61. The molecule has 1 aromatic rings. The Morgan fingerprint density at radius 3 is 3.06 bits per heavy atom. The summed E-state index contributed by atoms with van der Waals surface area (Å²) in [7, 11) is 0. The molecule has 3 nitrogen and oxygen atoms in total. The molecule has 2 unspecified atom stereocenters. The van der Waals surface area contributed by atoms with Crippen molar-refractivity contribution in [2.45, 2.75) is 51.2 Å². The van der Waals surface area contributed by atoms with Gasteiger partial charge in [-0.05, 0) is 37.3 Å². The molecule has 0 aromatic carbocycles. The van der Waals surface area contributed by atoms with Crippen molar-refractivity contribution in [3.63, 3.8) is 0 Å². The topological polar surface area (TPSA) is 50.9 Å². The van der Waals surface area contributed by atoms with E-state index in [-0.39, 0.29) is 0 Å². The van der Waals surface area contributed by atoms with Gasteiger partial charge < -0.3 is 11.1 Å². The van der Waals surface area contributed by atoms with Crippen LogP contribution in [-0.4, -0.2) is 17.1 Å². The Labute approximate surface area is 97.5 Å². The maximum absolute atomic E-state index is 5.89. The van der Waals surface area contributed by atoms with Gasteiger partial charge in [0, 0.05) is 24.8 Å². The summed E-state index contributed by atoms with van der Waals surface area (Å²) >= 11 is 0. The van der Waals surface area contributed by atoms with E-state index in [1.807, 2.05) is 12.3 Å². The lowest BCUT2D eigenvalue weighted by molar-refractivity contribution is 0.511. The first kappa shape index (κ1) is 11.6. The van der Waals surface area contributed by atoms with Crippen LogP contribution in [0.25, 0.3) is 0 Å². The van der Waals surface area contributed by atoms with Crippen molar-refractivity contribution in [3.8, 4) is 0 Å². The molecule has 1 aromatic heterocycles. The first-order valence-electron chi connectivity index (χ1n) is 6.21. The zero-order valence-corrected chi connectivity index (χ0v) is 9.95. The second-order valence-electron chi connectivity index (χ2n) is 4.61. The molecule has 2 atom stereocenters. The van der Waals surface area contributed by atoms with Gasteiger partial charge in [0.05, 0.1) is 5.69 Å². The largest absolute Gasteiger partial charge is 0.328 e. The van der Waals surface area contributed by atoms with Crippen LogP contribution in [0.3, 0.4) is 0 Å². The first-order chi connectivity index (χ1) is 7.79. The van der Waals surface area contributed by atoms with E-state index < -0.39 is 0 Å². The van der Waals surface area contributed by atoms with Crippen molar-refractivity contribution in [3.05, 3.63) is 29.6 Å². The van der Waals surface area contributed by atoms with Crippen molar-refractivity contribution in [2.75, 3.05) is 0 Å². The molecule has 0 saturated heterocycles. The number of nitrogens with two attached hydrogens (primary N) is 1. The second kappa shape index (κ2) is 5.41.